The zero-order chi connectivity index (χ0) is 26.1. The van der Waals surface area contributed by atoms with Crippen LogP contribution in [0, 0.1) is 28.6 Å². The van der Waals surface area contributed by atoms with Gasteiger partial charge >= 0.3 is 0 Å². The van der Waals surface area contributed by atoms with Crippen molar-refractivity contribution in [3.8, 4) is 0 Å². The Morgan fingerprint density at radius 2 is 1.83 bits per heavy atom. The van der Waals surface area contributed by atoms with Gasteiger partial charge < -0.3 is 19.7 Å². The van der Waals surface area contributed by atoms with Crippen LogP contribution in [0.15, 0.2) is 23.8 Å². The first-order chi connectivity index (χ1) is 16.7. The number of Topliss-reactive ketones (excluding diaryl/α,β-unsaturated/α-hetero) is 1. The van der Waals surface area contributed by atoms with Gasteiger partial charge in [-0.05, 0) is 49.8 Å². The molecule has 1 aliphatic heterocycles. The maximum absolute atomic E-state index is 17.3. The molecule has 198 valence electrons. The fourth-order valence-electron chi connectivity index (χ4n) is 8.70. The van der Waals surface area contributed by atoms with Crippen LogP contribution in [-0.2, 0) is 19.1 Å². The van der Waals surface area contributed by atoms with Gasteiger partial charge in [0.05, 0.1) is 12.2 Å². The SMILES string of the molecule is C[C@]12C=CC(=O)C=C1[C@@H](F)CC1C3C[C@H]4O[C@@H](C5CC(F)(F)C5)O[C@@]4(C(=O)CO)[C@@]3(C)C[C@H](O)[C@@]12F. The third kappa shape index (κ3) is 2.71. The summed E-state index contributed by atoms with van der Waals surface area (Å²) in [6.45, 7) is 2.24. The number of aliphatic hydroxyl groups is 2. The van der Waals surface area contributed by atoms with Gasteiger partial charge in [0.15, 0.2) is 29.1 Å². The van der Waals surface area contributed by atoms with E-state index in [2.05, 4.69) is 0 Å². The molecule has 0 amide bonds. The van der Waals surface area contributed by atoms with Gasteiger partial charge in [-0.15, -0.1) is 0 Å². The Morgan fingerprint density at radius 1 is 1.14 bits per heavy atom. The average Bonchev–Trinajstić information content (AvgIpc) is 3.28. The lowest BCUT2D eigenvalue weighted by atomic mass is 9.44. The highest BCUT2D eigenvalue weighted by Gasteiger charge is 2.80. The summed E-state index contributed by atoms with van der Waals surface area (Å²) in [5, 5.41) is 21.3. The number of ether oxygens (including phenoxy) is 2. The molecule has 2 unspecified atom stereocenters. The number of aliphatic hydroxyl groups excluding tert-OH is 2. The van der Waals surface area contributed by atoms with E-state index in [-0.39, 0.29) is 24.8 Å². The van der Waals surface area contributed by atoms with Crippen LogP contribution in [0.4, 0.5) is 17.6 Å². The van der Waals surface area contributed by atoms with E-state index < -0.39 is 101 Å². The largest absolute Gasteiger partial charge is 0.390 e. The summed E-state index contributed by atoms with van der Waals surface area (Å²) >= 11 is 0. The number of carbonyl (C=O) groups excluding carboxylic acids is 2. The molecule has 0 aromatic rings. The molecular weight excluding hydrogens is 484 g/mol. The smallest absolute Gasteiger partial charge is 0.249 e. The highest BCUT2D eigenvalue weighted by atomic mass is 19.3. The highest BCUT2D eigenvalue weighted by molar-refractivity contribution is 6.01. The van der Waals surface area contributed by atoms with Gasteiger partial charge in [-0.25, -0.2) is 17.6 Å². The lowest BCUT2D eigenvalue weighted by Gasteiger charge is -2.63. The molecule has 6 aliphatic rings. The van der Waals surface area contributed by atoms with Crippen molar-refractivity contribution in [1.82, 2.24) is 0 Å². The lowest BCUT2D eigenvalue weighted by Crippen LogP contribution is -2.71. The molecule has 0 bridgehead atoms. The van der Waals surface area contributed by atoms with Gasteiger partial charge in [0, 0.05) is 35.5 Å². The number of allylic oxidation sites excluding steroid dienone is 4. The van der Waals surface area contributed by atoms with Crippen molar-refractivity contribution in [1.29, 1.82) is 0 Å². The average molecular weight is 515 g/mol. The first-order valence-corrected chi connectivity index (χ1v) is 12.5. The van der Waals surface area contributed by atoms with E-state index in [0.717, 1.165) is 6.08 Å². The number of carbonyl (C=O) groups is 2. The second-order valence-corrected chi connectivity index (χ2v) is 12.0. The van der Waals surface area contributed by atoms with Crippen molar-refractivity contribution in [2.75, 3.05) is 6.61 Å². The Kier molecular flexibility index (Phi) is 4.99. The minimum Gasteiger partial charge on any atom is -0.390 e. The van der Waals surface area contributed by atoms with Gasteiger partial charge in [0.2, 0.25) is 5.92 Å². The van der Waals surface area contributed by atoms with E-state index >= 15 is 8.78 Å². The molecule has 5 aliphatic carbocycles. The van der Waals surface area contributed by atoms with Crippen molar-refractivity contribution >= 4 is 11.6 Å². The van der Waals surface area contributed by atoms with Crippen molar-refractivity contribution in [3.63, 3.8) is 0 Å². The second-order valence-electron chi connectivity index (χ2n) is 12.0. The Morgan fingerprint density at radius 3 is 2.47 bits per heavy atom. The number of ketones is 2. The third-order valence-corrected chi connectivity index (χ3v) is 10.5. The zero-order valence-electron chi connectivity index (χ0n) is 20.1. The van der Waals surface area contributed by atoms with E-state index in [1.165, 1.54) is 19.1 Å². The molecule has 0 radical (unpaired) electrons. The molecule has 0 spiro atoms. The van der Waals surface area contributed by atoms with Crippen molar-refractivity contribution < 1.29 is 46.8 Å². The standard InChI is InChI=1S/C26H30F4O6/c1-22-4-3-13(32)5-16(22)17(27)6-15-14-7-20-26(19(34)11-31,23(14,2)10-18(33)25(15,22)30)36-21(35-20)12-8-24(28,29)9-12/h3-5,12,14-15,17-18,20-21,31,33H,6-11H2,1-2H3/t14?,15?,17-,18-,20+,21+,22-,23-,25-,26+/m0/s1. The maximum Gasteiger partial charge on any atom is 0.249 e. The van der Waals surface area contributed by atoms with Crippen LogP contribution < -0.4 is 0 Å². The lowest BCUT2D eigenvalue weighted by molar-refractivity contribution is -0.252. The molecule has 1 heterocycles. The third-order valence-electron chi connectivity index (χ3n) is 10.5. The molecule has 4 saturated carbocycles. The molecule has 0 aromatic heterocycles. The van der Waals surface area contributed by atoms with Crippen molar-refractivity contribution in [2.45, 2.75) is 87.8 Å². The predicted molar refractivity (Wildman–Crippen MR) is 116 cm³/mol. The Bertz CT molecular complexity index is 1080. The van der Waals surface area contributed by atoms with Crippen LogP contribution in [0.5, 0.6) is 0 Å². The summed E-state index contributed by atoms with van der Waals surface area (Å²) in [5.74, 6) is -6.34. The quantitative estimate of drug-likeness (QED) is 0.563. The number of fused-ring (bicyclic) bond motifs is 7. The summed E-state index contributed by atoms with van der Waals surface area (Å²) in [6, 6.07) is 0. The molecule has 10 atom stereocenters. The molecular formula is C26H30F4O6. The number of halogens is 4. The fourth-order valence-corrected chi connectivity index (χ4v) is 8.70. The molecule has 2 N–H and O–H groups in total. The van der Waals surface area contributed by atoms with E-state index in [1.54, 1.807) is 6.92 Å². The molecule has 36 heavy (non-hydrogen) atoms. The molecule has 6 rings (SSSR count). The van der Waals surface area contributed by atoms with Crippen LogP contribution in [-0.4, -0.2) is 70.2 Å². The van der Waals surface area contributed by atoms with Gasteiger partial charge in [0.1, 0.15) is 12.8 Å². The first-order valence-electron chi connectivity index (χ1n) is 12.5. The van der Waals surface area contributed by atoms with Crippen LogP contribution in [0.25, 0.3) is 0 Å². The van der Waals surface area contributed by atoms with Gasteiger partial charge in [-0.3, -0.25) is 9.59 Å². The van der Waals surface area contributed by atoms with Gasteiger partial charge in [-0.1, -0.05) is 13.0 Å². The summed E-state index contributed by atoms with van der Waals surface area (Å²) < 4.78 is 72.1. The summed E-state index contributed by atoms with van der Waals surface area (Å²) in [7, 11) is 0. The second kappa shape index (κ2) is 7.27. The molecule has 1 saturated heterocycles. The van der Waals surface area contributed by atoms with Crippen LogP contribution in [0.3, 0.4) is 0 Å². The molecule has 5 fully saturated rings. The van der Waals surface area contributed by atoms with Crippen molar-refractivity contribution in [3.05, 3.63) is 23.8 Å². The number of alkyl halides is 4. The van der Waals surface area contributed by atoms with Crippen LogP contribution >= 0.6 is 0 Å². The van der Waals surface area contributed by atoms with Gasteiger partial charge in [0.25, 0.3) is 0 Å². The Hall–Kier alpha value is -1.62. The number of rotatable bonds is 3. The number of hydrogen-bond acceptors (Lipinski definition) is 6. The molecule has 10 heteroatoms. The molecule has 6 nitrogen and oxygen atoms in total. The van der Waals surface area contributed by atoms with E-state index in [1.807, 2.05) is 0 Å². The highest BCUT2D eigenvalue weighted by Crippen LogP contribution is 2.72. The fraction of sp³-hybridized carbons (Fsp3) is 0.769. The van der Waals surface area contributed by atoms with E-state index in [9.17, 15) is 28.6 Å². The Labute approximate surface area is 205 Å². The van der Waals surface area contributed by atoms with Gasteiger partial charge in [-0.2, -0.15) is 0 Å². The number of hydrogen-bond donors (Lipinski definition) is 2. The van der Waals surface area contributed by atoms with Crippen LogP contribution in [0.2, 0.25) is 0 Å². The van der Waals surface area contributed by atoms with E-state index in [4.69, 9.17) is 9.47 Å². The molecule has 0 aromatic carbocycles. The topological polar surface area (TPSA) is 93.1 Å². The van der Waals surface area contributed by atoms with E-state index in [0.29, 0.717) is 0 Å². The summed E-state index contributed by atoms with van der Waals surface area (Å²) in [5.41, 5.74) is -6.93. The summed E-state index contributed by atoms with van der Waals surface area (Å²) in [4.78, 5) is 25.3. The minimum absolute atomic E-state index is 0.00535. The van der Waals surface area contributed by atoms with Crippen molar-refractivity contribution in [2.24, 2.45) is 28.6 Å². The monoisotopic (exact) mass is 514 g/mol. The minimum atomic E-state index is -2.83. The Balaban J connectivity index is 1.41. The maximum atomic E-state index is 17.3. The first kappa shape index (κ1) is 24.7. The zero-order valence-corrected chi connectivity index (χ0v) is 20.1. The normalized spacial score (nSPS) is 53.1. The predicted octanol–water partition coefficient (Wildman–Crippen LogP) is 3.00. The summed E-state index contributed by atoms with van der Waals surface area (Å²) in [6.07, 6.45) is -3.05. The van der Waals surface area contributed by atoms with Crippen LogP contribution in [0.1, 0.15) is 46.0 Å².